The van der Waals surface area contributed by atoms with Crippen LogP contribution in [-0.4, -0.2) is 36.0 Å². The fourth-order valence-electron chi connectivity index (χ4n) is 2.98. The molecule has 1 fully saturated rings. The molecular weight excluding hydrogens is 264 g/mol. The molecule has 1 aliphatic heterocycles. The Bertz CT molecular complexity index is 462. The van der Waals surface area contributed by atoms with E-state index in [9.17, 15) is 10.2 Å². The number of phenols is 1. The molecular formula is C17H28N2O2. The summed E-state index contributed by atoms with van der Waals surface area (Å²) >= 11 is 0. The van der Waals surface area contributed by atoms with Gasteiger partial charge in [-0.25, -0.2) is 0 Å². The van der Waals surface area contributed by atoms with Gasteiger partial charge in [-0.05, 0) is 39.3 Å². The number of anilines is 1. The second kappa shape index (κ2) is 7.14. The molecule has 1 aromatic carbocycles. The SMILES string of the molecule is CCCNC(C)c1ccc(N2CCC(C(C)O)C2)cc1O. The lowest BCUT2D eigenvalue weighted by atomic mass is 10.0. The Balaban J connectivity index is 2.05. The Labute approximate surface area is 127 Å². The largest absolute Gasteiger partial charge is 0.508 e. The number of benzene rings is 1. The van der Waals surface area contributed by atoms with Crippen LogP contribution in [0.4, 0.5) is 5.69 Å². The van der Waals surface area contributed by atoms with Crippen molar-refractivity contribution in [2.24, 2.45) is 5.92 Å². The molecule has 0 aliphatic carbocycles. The van der Waals surface area contributed by atoms with Crippen molar-refractivity contribution in [3.63, 3.8) is 0 Å². The standard InChI is InChI=1S/C17H28N2O2/c1-4-8-18-12(2)16-6-5-15(10-17(16)21)19-9-7-14(11-19)13(3)20/h5-6,10,12-14,18,20-21H,4,7-9,11H2,1-3H3. The summed E-state index contributed by atoms with van der Waals surface area (Å²) in [6.07, 6.45) is 1.83. The molecule has 3 atom stereocenters. The molecule has 118 valence electrons. The van der Waals surface area contributed by atoms with Crippen molar-refractivity contribution in [1.82, 2.24) is 5.32 Å². The van der Waals surface area contributed by atoms with Crippen LogP contribution >= 0.6 is 0 Å². The summed E-state index contributed by atoms with van der Waals surface area (Å²) in [5, 5.41) is 23.4. The van der Waals surface area contributed by atoms with E-state index in [4.69, 9.17) is 0 Å². The highest BCUT2D eigenvalue weighted by atomic mass is 16.3. The molecule has 0 radical (unpaired) electrons. The van der Waals surface area contributed by atoms with Crippen molar-refractivity contribution >= 4 is 5.69 Å². The lowest BCUT2D eigenvalue weighted by Crippen LogP contribution is -2.24. The second-order valence-electron chi connectivity index (χ2n) is 6.15. The minimum Gasteiger partial charge on any atom is -0.508 e. The number of aliphatic hydroxyl groups excluding tert-OH is 1. The molecule has 1 aliphatic rings. The first-order valence-corrected chi connectivity index (χ1v) is 8.02. The smallest absolute Gasteiger partial charge is 0.122 e. The van der Waals surface area contributed by atoms with Gasteiger partial charge in [-0.3, -0.25) is 0 Å². The third-order valence-corrected chi connectivity index (χ3v) is 4.45. The zero-order chi connectivity index (χ0) is 15.4. The molecule has 2 rings (SSSR count). The maximum Gasteiger partial charge on any atom is 0.122 e. The van der Waals surface area contributed by atoms with E-state index in [0.717, 1.165) is 43.7 Å². The van der Waals surface area contributed by atoms with E-state index in [-0.39, 0.29) is 12.1 Å². The Morgan fingerprint density at radius 1 is 1.38 bits per heavy atom. The molecule has 3 N–H and O–H groups in total. The minimum absolute atomic E-state index is 0.155. The van der Waals surface area contributed by atoms with Gasteiger partial charge in [-0.1, -0.05) is 13.0 Å². The van der Waals surface area contributed by atoms with Gasteiger partial charge in [-0.15, -0.1) is 0 Å². The van der Waals surface area contributed by atoms with Gasteiger partial charge in [0, 0.05) is 42.4 Å². The number of phenolic OH excluding ortho intramolecular Hbond substituents is 1. The summed E-state index contributed by atoms with van der Waals surface area (Å²) < 4.78 is 0. The van der Waals surface area contributed by atoms with E-state index in [1.54, 1.807) is 0 Å². The van der Waals surface area contributed by atoms with Crippen LogP contribution in [0.3, 0.4) is 0 Å². The predicted molar refractivity (Wildman–Crippen MR) is 86.8 cm³/mol. The third-order valence-electron chi connectivity index (χ3n) is 4.45. The van der Waals surface area contributed by atoms with Crippen molar-refractivity contribution in [2.45, 2.75) is 45.8 Å². The summed E-state index contributed by atoms with van der Waals surface area (Å²) in [4.78, 5) is 2.24. The molecule has 1 heterocycles. The van der Waals surface area contributed by atoms with Crippen molar-refractivity contribution in [3.05, 3.63) is 23.8 Å². The van der Waals surface area contributed by atoms with Gasteiger partial charge in [0.15, 0.2) is 0 Å². The fourth-order valence-corrected chi connectivity index (χ4v) is 2.98. The maximum atomic E-state index is 10.3. The van der Waals surface area contributed by atoms with Crippen LogP contribution < -0.4 is 10.2 Å². The quantitative estimate of drug-likeness (QED) is 0.754. The number of aliphatic hydroxyl groups is 1. The molecule has 0 spiro atoms. The summed E-state index contributed by atoms with van der Waals surface area (Å²) in [5.41, 5.74) is 1.99. The molecule has 1 saturated heterocycles. The van der Waals surface area contributed by atoms with Gasteiger partial charge in [0.1, 0.15) is 5.75 Å². The van der Waals surface area contributed by atoms with Gasteiger partial charge >= 0.3 is 0 Å². The minimum atomic E-state index is -0.263. The summed E-state index contributed by atoms with van der Waals surface area (Å²) in [7, 11) is 0. The predicted octanol–water partition coefficient (Wildman–Crippen LogP) is 2.66. The molecule has 0 saturated carbocycles. The number of hydrogen-bond acceptors (Lipinski definition) is 4. The van der Waals surface area contributed by atoms with Crippen LogP contribution in [0.15, 0.2) is 18.2 Å². The van der Waals surface area contributed by atoms with Gasteiger partial charge in [0.2, 0.25) is 0 Å². The zero-order valence-corrected chi connectivity index (χ0v) is 13.3. The first-order chi connectivity index (χ1) is 10.0. The average molecular weight is 292 g/mol. The van der Waals surface area contributed by atoms with Gasteiger partial charge in [-0.2, -0.15) is 0 Å². The zero-order valence-electron chi connectivity index (χ0n) is 13.3. The van der Waals surface area contributed by atoms with Gasteiger partial charge in [0.25, 0.3) is 0 Å². The van der Waals surface area contributed by atoms with E-state index in [1.807, 2.05) is 19.1 Å². The van der Waals surface area contributed by atoms with Crippen molar-refractivity contribution in [3.8, 4) is 5.75 Å². The lowest BCUT2D eigenvalue weighted by molar-refractivity contribution is 0.136. The number of nitrogens with zero attached hydrogens (tertiary/aromatic N) is 1. The highest BCUT2D eigenvalue weighted by Gasteiger charge is 2.26. The highest BCUT2D eigenvalue weighted by Crippen LogP contribution is 2.32. The van der Waals surface area contributed by atoms with Crippen molar-refractivity contribution < 1.29 is 10.2 Å². The van der Waals surface area contributed by atoms with Crippen LogP contribution in [0.1, 0.15) is 45.2 Å². The van der Waals surface area contributed by atoms with Crippen LogP contribution in [0.5, 0.6) is 5.75 Å². The van der Waals surface area contributed by atoms with Crippen molar-refractivity contribution in [2.75, 3.05) is 24.5 Å². The molecule has 3 unspecified atom stereocenters. The Morgan fingerprint density at radius 2 is 2.14 bits per heavy atom. The molecule has 4 heteroatoms. The van der Waals surface area contributed by atoms with Crippen LogP contribution in [0, 0.1) is 5.92 Å². The topological polar surface area (TPSA) is 55.7 Å². The number of aromatic hydroxyl groups is 1. The number of nitrogens with one attached hydrogen (secondary N) is 1. The molecule has 21 heavy (non-hydrogen) atoms. The van der Waals surface area contributed by atoms with Gasteiger partial charge < -0.3 is 20.4 Å². The second-order valence-corrected chi connectivity index (χ2v) is 6.15. The van der Waals surface area contributed by atoms with Crippen LogP contribution in [0.2, 0.25) is 0 Å². The number of hydrogen-bond donors (Lipinski definition) is 3. The first kappa shape index (κ1) is 16.1. The monoisotopic (exact) mass is 292 g/mol. The molecule has 0 amide bonds. The third kappa shape index (κ3) is 3.89. The summed E-state index contributed by atoms with van der Waals surface area (Å²) in [6, 6.07) is 6.09. The van der Waals surface area contributed by atoms with E-state index < -0.39 is 0 Å². The number of rotatable bonds is 6. The van der Waals surface area contributed by atoms with E-state index in [1.165, 1.54) is 0 Å². The normalized spacial score (nSPS) is 21.5. The molecule has 4 nitrogen and oxygen atoms in total. The molecule has 1 aromatic rings. The van der Waals surface area contributed by atoms with Crippen molar-refractivity contribution in [1.29, 1.82) is 0 Å². The Morgan fingerprint density at radius 3 is 2.71 bits per heavy atom. The average Bonchev–Trinajstić information content (AvgIpc) is 2.94. The molecule has 0 aromatic heterocycles. The summed E-state index contributed by atoms with van der Waals surface area (Å²) in [6.45, 7) is 8.82. The lowest BCUT2D eigenvalue weighted by Gasteiger charge is -2.22. The highest BCUT2D eigenvalue weighted by molar-refractivity contribution is 5.54. The fraction of sp³-hybridized carbons (Fsp3) is 0.647. The van der Waals surface area contributed by atoms with Crippen LogP contribution in [0.25, 0.3) is 0 Å². The molecule has 0 bridgehead atoms. The van der Waals surface area contributed by atoms with E-state index >= 15 is 0 Å². The van der Waals surface area contributed by atoms with Gasteiger partial charge in [0.05, 0.1) is 6.10 Å². The Hall–Kier alpha value is -1.26. The van der Waals surface area contributed by atoms with E-state index in [0.29, 0.717) is 11.7 Å². The Kier molecular flexibility index (Phi) is 5.48. The van der Waals surface area contributed by atoms with E-state index in [2.05, 4.69) is 30.1 Å². The first-order valence-electron chi connectivity index (χ1n) is 8.02. The van der Waals surface area contributed by atoms with Crippen LogP contribution in [-0.2, 0) is 0 Å². The summed E-state index contributed by atoms with van der Waals surface area (Å²) in [5.74, 6) is 0.682. The maximum absolute atomic E-state index is 10.3.